The molecule has 0 N–H and O–H groups in total. The summed E-state index contributed by atoms with van der Waals surface area (Å²) in [5.74, 6) is 0.287. The molecule has 0 saturated carbocycles. The first-order chi connectivity index (χ1) is 6.66. The molecule has 0 aliphatic rings. The largest absolute Gasteiger partial charge is 0.483 e. The SMILES string of the molecule is C=CCOc1cccc(C)c1[N+](=O)[O-]. The van der Waals surface area contributed by atoms with E-state index < -0.39 is 4.92 Å². The molecule has 0 aromatic heterocycles. The third-order valence-electron chi connectivity index (χ3n) is 1.74. The maximum atomic E-state index is 10.7. The molecule has 0 aliphatic heterocycles. The first kappa shape index (κ1) is 10.2. The van der Waals surface area contributed by atoms with Gasteiger partial charge in [0.25, 0.3) is 0 Å². The molecular weight excluding hydrogens is 182 g/mol. The summed E-state index contributed by atoms with van der Waals surface area (Å²) in [4.78, 5) is 10.3. The molecule has 4 heteroatoms. The van der Waals surface area contributed by atoms with Gasteiger partial charge in [0, 0.05) is 5.56 Å². The number of para-hydroxylation sites is 1. The Hall–Kier alpha value is -1.84. The predicted molar refractivity (Wildman–Crippen MR) is 53.5 cm³/mol. The van der Waals surface area contributed by atoms with Crippen LogP contribution < -0.4 is 4.74 Å². The van der Waals surface area contributed by atoms with Gasteiger partial charge in [-0.3, -0.25) is 10.1 Å². The average Bonchev–Trinajstić information content (AvgIpc) is 2.14. The predicted octanol–water partition coefficient (Wildman–Crippen LogP) is 2.47. The summed E-state index contributed by atoms with van der Waals surface area (Å²) in [5, 5.41) is 10.7. The number of ether oxygens (including phenoxy) is 1. The van der Waals surface area contributed by atoms with Crippen LogP contribution in [0.2, 0.25) is 0 Å². The molecule has 0 atom stereocenters. The van der Waals surface area contributed by atoms with Crippen molar-refractivity contribution in [3.63, 3.8) is 0 Å². The molecule has 1 rings (SSSR count). The topological polar surface area (TPSA) is 52.4 Å². The van der Waals surface area contributed by atoms with Gasteiger partial charge in [-0.15, -0.1) is 0 Å². The Morgan fingerprint density at radius 3 is 2.93 bits per heavy atom. The molecule has 74 valence electrons. The van der Waals surface area contributed by atoms with Crippen LogP contribution in [0, 0.1) is 17.0 Å². The van der Waals surface area contributed by atoms with Crippen molar-refractivity contribution in [2.75, 3.05) is 6.61 Å². The van der Waals surface area contributed by atoms with E-state index in [0.717, 1.165) is 0 Å². The Kier molecular flexibility index (Phi) is 3.23. The fraction of sp³-hybridized carbons (Fsp3) is 0.200. The van der Waals surface area contributed by atoms with E-state index in [-0.39, 0.29) is 18.0 Å². The van der Waals surface area contributed by atoms with E-state index in [0.29, 0.717) is 5.56 Å². The van der Waals surface area contributed by atoms with Gasteiger partial charge in [-0.1, -0.05) is 24.8 Å². The van der Waals surface area contributed by atoms with E-state index in [1.807, 2.05) is 0 Å². The van der Waals surface area contributed by atoms with Crippen molar-refractivity contribution in [3.8, 4) is 5.75 Å². The van der Waals surface area contributed by atoms with Gasteiger partial charge in [0.2, 0.25) is 0 Å². The van der Waals surface area contributed by atoms with Crippen LogP contribution in [0.25, 0.3) is 0 Å². The van der Waals surface area contributed by atoms with Gasteiger partial charge in [-0.2, -0.15) is 0 Å². The van der Waals surface area contributed by atoms with Crippen molar-refractivity contribution < 1.29 is 9.66 Å². The van der Waals surface area contributed by atoms with Gasteiger partial charge in [-0.25, -0.2) is 0 Å². The highest BCUT2D eigenvalue weighted by molar-refractivity contribution is 5.52. The average molecular weight is 193 g/mol. The summed E-state index contributed by atoms with van der Waals surface area (Å²) in [7, 11) is 0. The van der Waals surface area contributed by atoms with E-state index in [1.54, 1.807) is 31.2 Å². The minimum Gasteiger partial charge on any atom is -0.483 e. The molecule has 14 heavy (non-hydrogen) atoms. The highest BCUT2D eigenvalue weighted by Gasteiger charge is 2.17. The summed E-state index contributed by atoms with van der Waals surface area (Å²) in [6.45, 7) is 5.43. The van der Waals surface area contributed by atoms with Crippen molar-refractivity contribution in [2.45, 2.75) is 6.92 Å². The summed E-state index contributed by atoms with van der Waals surface area (Å²) in [6.07, 6.45) is 1.55. The number of rotatable bonds is 4. The van der Waals surface area contributed by atoms with Crippen molar-refractivity contribution in [3.05, 3.63) is 46.5 Å². The molecule has 4 nitrogen and oxygen atoms in total. The highest BCUT2D eigenvalue weighted by Crippen LogP contribution is 2.29. The van der Waals surface area contributed by atoms with Crippen molar-refractivity contribution in [1.82, 2.24) is 0 Å². The molecule has 1 aromatic rings. The Morgan fingerprint density at radius 1 is 1.64 bits per heavy atom. The summed E-state index contributed by atoms with van der Waals surface area (Å²) in [6, 6.07) is 4.98. The van der Waals surface area contributed by atoms with Gasteiger partial charge < -0.3 is 4.74 Å². The van der Waals surface area contributed by atoms with Crippen LogP contribution in [0.3, 0.4) is 0 Å². The number of nitro benzene ring substituents is 1. The second-order valence-electron chi connectivity index (χ2n) is 2.78. The number of nitro groups is 1. The lowest BCUT2D eigenvalue weighted by molar-refractivity contribution is -0.386. The van der Waals surface area contributed by atoms with E-state index in [1.165, 1.54) is 0 Å². The third-order valence-corrected chi connectivity index (χ3v) is 1.74. The number of nitrogens with zero attached hydrogens (tertiary/aromatic N) is 1. The summed E-state index contributed by atoms with van der Waals surface area (Å²) < 4.78 is 5.17. The van der Waals surface area contributed by atoms with Gasteiger partial charge in [-0.05, 0) is 13.0 Å². The molecule has 0 aliphatic carbocycles. The van der Waals surface area contributed by atoms with Crippen LogP contribution >= 0.6 is 0 Å². The Labute approximate surface area is 82.0 Å². The Balaban J connectivity index is 3.07. The molecule has 0 fully saturated rings. The van der Waals surface area contributed by atoms with Crippen LogP contribution in [-0.4, -0.2) is 11.5 Å². The Bertz CT molecular complexity index is 360. The second-order valence-corrected chi connectivity index (χ2v) is 2.78. The van der Waals surface area contributed by atoms with Crippen molar-refractivity contribution in [1.29, 1.82) is 0 Å². The molecule has 0 bridgehead atoms. The summed E-state index contributed by atoms with van der Waals surface area (Å²) >= 11 is 0. The van der Waals surface area contributed by atoms with E-state index in [4.69, 9.17) is 4.74 Å². The maximum Gasteiger partial charge on any atom is 0.313 e. The molecule has 0 unspecified atom stereocenters. The lowest BCUT2D eigenvalue weighted by atomic mass is 10.2. The van der Waals surface area contributed by atoms with Crippen LogP contribution in [0.15, 0.2) is 30.9 Å². The van der Waals surface area contributed by atoms with E-state index in [2.05, 4.69) is 6.58 Å². The van der Waals surface area contributed by atoms with Crippen LogP contribution in [-0.2, 0) is 0 Å². The second kappa shape index (κ2) is 4.41. The minimum absolute atomic E-state index is 0.0225. The van der Waals surface area contributed by atoms with Crippen LogP contribution in [0.4, 0.5) is 5.69 Å². The van der Waals surface area contributed by atoms with E-state index >= 15 is 0 Å². The zero-order chi connectivity index (χ0) is 10.6. The molecule has 0 heterocycles. The number of hydrogen-bond acceptors (Lipinski definition) is 3. The summed E-state index contributed by atoms with van der Waals surface area (Å²) in [5.41, 5.74) is 0.617. The zero-order valence-corrected chi connectivity index (χ0v) is 7.90. The smallest absolute Gasteiger partial charge is 0.313 e. The minimum atomic E-state index is -0.437. The number of aryl methyl sites for hydroxylation is 1. The highest BCUT2D eigenvalue weighted by atomic mass is 16.6. The lowest BCUT2D eigenvalue weighted by Gasteiger charge is -2.05. The monoisotopic (exact) mass is 193 g/mol. The third kappa shape index (κ3) is 2.10. The standard InChI is InChI=1S/C10H11NO3/c1-3-7-14-9-6-4-5-8(2)10(9)11(12)13/h3-6H,1,7H2,2H3. The van der Waals surface area contributed by atoms with E-state index in [9.17, 15) is 10.1 Å². The quantitative estimate of drug-likeness (QED) is 0.419. The van der Waals surface area contributed by atoms with Gasteiger partial charge >= 0.3 is 5.69 Å². The molecular formula is C10H11NO3. The maximum absolute atomic E-state index is 10.7. The van der Waals surface area contributed by atoms with Gasteiger partial charge in [0.1, 0.15) is 6.61 Å². The molecule has 0 radical (unpaired) electrons. The fourth-order valence-corrected chi connectivity index (χ4v) is 1.13. The van der Waals surface area contributed by atoms with Crippen LogP contribution in [0.1, 0.15) is 5.56 Å². The number of benzene rings is 1. The Morgan fingerprint density at radius 2 is 2.36 bits per heavy atom. The van der Waals surface area contributed by atoms with Gasteiger partial charge in [0.15, 0.2) is 5.75 Å². The van der Waals surface area contributed by atoms with Crippen molar-refractivity contribution in [2.24, 2.45) is 0 Å². The van der Waals surface area contributed by atoms with Gasteiger partial charge in [0.05, 0.1) is 4.92 Å². The zero-order valence-electron chi connectivity index (χ0n) is 7.90. The lowest BCUT2D eigenvalue weighted by Crippen LogP contribution is -1.99. The molecule has 1 aromatic carbocycles. The first-order valence-corrected chi connectivity index (χ1v) is 4.14. The van der Waals surface area contributed by atoms with Crippen molar-refractivity contribution >= 4 is 5.69 Å². The number of hydrogen-bond donors (Lipinski definition) is 0. The normalized spacial score (nSPS) is 9.50. The fourth-order valence-electron chi connectivity index (χ4n) is 1.13. The molecule has 0 amide bonds. The first-order valence-electron chi connectivity index (χ1n) is 4.14. The van der Waals surface area contributed by atoms with Crippen LogP contribution in [0.5, 0.6) is 5.75 Å². The molecule has 0 saturated heterocycles. The molecule has 0 spiro atoms.